The molecule has 0 aliphatic rings. The summed E-state index contributed by atoms with van der Waals surface area (Å²) in [5.41, 5.74) is 4.14. The molecule has 6 heteroatoms. The first-order valence-electron chi connectivity index (χ1n) is 9.25. The summed E-state index contributed by atoms with van der Waals surface area (Å²) in [6.45, 7) is 2.45. The smallest absolute Gasteiger partial charge is 0.255 e. The molecule has 0 saturated carbocycles. The van der Waals surface area contributed by atoms with Gasteiger partial charge in [0.2, 0.25) is 0 Å². The minimum Gasteiger partial charge on any atom is -0.494 e. The Morgan fingerprint density at radius 2 is 1.62 bits per heavy atom. The Hall–Kier alpha value is -3.64. The zero-order chi connectivity index (χ0) is 20.6. The van der Waals surface area contributed by atoms with Gasteiger partial charge in [-0.05, 0) is 54.4 Å². The highest BCUT2D eigenvalue weighted by Crippen LogP contribution is 2.27. The maximum absolute atomic E-state index is 12.6. The van der Waals surface area contributed by atoms with E-state index in [0.29, 0.717) is 29.2 Å². The first-order valence-corrected chi connectivity index (χ1v) is 9.25. The van der Waals surface area contributed by atoms with E-state index >= 15 is 0 Å². The fourth-order valence-corrected chi connectivity index (χ4v) is 3.07. The van der Waals surface area contributed by atoms with Crippen LogP contribution in [-0.2, 0) is 4.79 Å². The molecule has 0 saturated heterocycles. The van der Waals surface area contributed by atoms with Crippen molar-refractivity contribution >= 4 is 17.5 Å². The molecule has 29 heavy (non-hydrogen) atoms. The second-order valence-electron chi connectivity index (χ2n) is 6.36. The third kappa shape index (κ3) is 5.00. The van der Waals surface area contributed by atoms with E-state index in [1.165, 1.54) is 0 Å². The lowest BCUT2D eigenvalue weighted by molar-refractivity contribution is -0.129. The van der Waals surface area contributed by atoms with Crippen LogP contribution in [0.4, 0.5) is 5.69 Å². The fraction of sp³-hybridized carbons (Fsp3) is 0.130. The minimum absolute atomic E-state index is 0.270. The molecule has 0 aliphatic carbocycles. The molecule has 0 heterocycles. The largest absolute Gasteiger partial charge is 0.494 e. The number of carbonyl (C=O) groups is 2. The van der Waals surface area contributed by atoms with E-state index in [-0.39, 0.29) is 5.91 Å². The van der Waals surface area contributed by atoms with E-state index in [0.717, 1.165) is 5.56 Å². The third-order valence-corrected chi connectivity index (χ3v) is 4.41. The number of amides is 2. The molecular weight excluding hydrogens is 368 g/mol. The summed E-state index contributed by atoms with van der Waals surface area (Å²) in [6, 6.07) is 23.0. The van der Waals surface area contributed by atoms with E-state index in [1.807, 2.05) is 37.3 Å². The first kappa shape index (κ1) is 20.1. The molecule has 1 atom stereocenters. The lowest BCUT2D eigenvalue weighted by Crippen LogP contribution is -2.27. The molecule has 0 fully saturated rings. The van der Waals surface area contributed by atoms with E-state index < -0.39 is 11.8 Å². The first-order chi connectivity index (χ1) is 14.1. The van der Waals surface area contributed by atoms with Crippen LogP contribution in [0, 0.1) is 0 Å². The Bertz CT molecular complexity index is 972. The van der Waals surface area contributed by atoms with Crippen LogP contribution in [-0.4, -0.2) is 23.6 Å². The SMILES string of the molecule is CCOc1ccc(C(=O)Nc2cccc(C(C(=O)NO)c3ccccc3)c2)cc1. The van der Waals surface area contributed by atoms with Crippen molar-refractivity contribution in [1.82, 2.24) is 5.48 Å². The van der Waals surface area contributed by atoms with Crippen LogP contribution in [0.2, 0.25) is 0 Å². The van der Waals surface area contributed by atoms with Crippen LogP contribution >= 0.6 is 0 Å². The lowest BCUT2D eigenvalue weighted by Gasteiger charge is -2.17. The van der Waals surface area contributed by atoms with Gasteiger partial charge in [0.15, 0.2) is 0 Å². The monoisotopic (exact) mass is 390 g/mol. The van der Waals surface area contributed by atoms with Gasteiger partial charge in [-0.15, -0.1) is 0 Å². The molecule has 2 amide bonds. The number of anilines is 1. The molecule has 3 aromatic rings. The zero-order valence-electron chi connectivity index (χ0n) is 16.0. The minimum atomic E-state index is -0.705. The maximum Gasteiger partial charge on any atom is 0.255 e. The van der Waals surface area contributed by atoms with Gasteiger partial charge in [-0.3, -0.25) is 14.8 Å². The molecule has 6 nitrogen and oxygen atoms in total. The Labute approximate surface area is 169 Å². The average molecular weight is 390 g/mol. The quantitative estimate of drug-likeness (QED) is 0.421. The Morgan fingerprint density at radius 1 is 0.931 bits per heavy atom. The van der Waals surface area contributed by atoms with Gasteiger partial charge >= 0.3 is 0 Å². The molecule has 0 aromatic heterocycles. The average Bonchev–Trinajstić information content (AvgIpc) is 2.75. The molecule has 3 aromatic carbocycles. The van der Waals surface area contributed by atoms with Crippen molar-refractivity contribution in [1.29, 1.82) is 0 Å². The number of hydrogen-bond donors (Lipinski definition) is 3. The summed E-state index contributed by atoms with van der Waals surface area (Å²) in [5, 5.41) is 12.0. The molecule has 0 bridgehead atoms. The predicted molar refractivity (Wildman–Crippen MR) is 110 cm³/mol. The second-order valence-corrected chi connectivity index (χ2v) is 6.36. The van der Waals surface area contributed by atoms with Crippen LogP contribution in [0.3, 0.4) is 0 Å². The Kier molecular flexibility index (Phi) is 6.60. The normalized spacial score (nSPS) is 11.4. The van der Waals surface area contributed by atoms with Crippen LogP contribution < -0.4 is 15.5 Å². The maximum atomic E-state index is 12.6. The topological polar surface area (TPSA) is 87.7 Å². The molecule has 0 aliphatic heterocycles. The van der Waals surface area contributed by atoms with Gasteiger partial charge in [-0.2, -0.15) is 0 Å². The van der Waals surface area contributed by atoms with Gasteiger partial charge in [0, 0.05) is 11.3 Å². The third-order valence-electron chi connectivity index (χ3n) is 4.41. The summed E-state index contributed by atoms with van der Waals surface area (Å²) in [5.74, 6) is -0.824. The fourth-order valence-electron chi connectivity index (χ4n) is 3.07. The number of hydroxylamine groups is 1. The summed E-state index contributed by atoms with van der Waals surface area (Å²) in [6.07, 6.45) is 0. The van der Waals surface area contributed by atoms with Crippen molar-refractivity contribution in [2.75, 3.05) is 11.9 Å². The molecule has 0 spiro atoms. The van der Waals surface area contributed by atoms with Crippen LogP contribution in [0.5, 0.6) is 5.75 Å². The van der Waals surface area contributed by atoms with E-state index in [9.17, 15) is 14.8 Å². The van der Waals surface area contributed by atoms with Crippen LogP contribution in [0.15, 0.2) is 78.9 Å². The van der Waals surface area contributed by atoms with Gasteiger partial charge in [0.05, 0.1) is 12.5 Å². The van der Waals surface area contributed by atoms with E-state index in [1.54, 1.807) is 54.0 Å². The van der Waals surface area contributed by atoms with Gasteiger partial charge < -0.3 is 10.1 Å². The number of rotatable bonds is 7. The molecule has 148 valence electrons. The van der Waals surface area contributed by atoms with Crippen molar-refractivity contribution in [2.45, 2.75) is 12.8 Å². The summed E-state index contributed by atoms with van der Waals surface area (Å²) in [4.78, 5) is 24.8. The second kappa shape index (κ2) is 9.52. The summed E-state index contributed by atoms with van der Waals surface area (Å²) < 4.78 is 5.39. The van der Waals surface area contributed by atoms with E-state index in [2.05, 4.69) is 5.32 Å². The molecule has 1 unspecified atom stereocenters. The zero-order valence-corrected chi connectivity index (χ0v) is 16.0. The number of ether oxygens (including phenoxy) is 1. The standard InChI is InChI=1S/C23H22N2O4/c1-2-29-20-13-11-17(12-14-20)22(26)24-19-10-6-9-18(15-19)21(23(27)25-28)16-7-4-3-5-8-16/h3-15,21,28H,2H2,1H3,(H,24,26)(H,25,27). The predicted octanol–water partition coefficient (Wildman–Crippen LogP) is 3.97. The van der Waals surface area contributed by atoms with Crippen LogP contribution in [0.25, 0.3) is 0 Å². The number of benzene rings is 3. The summed E-state index contributed by atoms with van der Waals surface area (Å²) in [7, 11) is 0. The van der Waals surface area contributed by atoms with Crippen LogP contribution in [0.1, 0.15) is 34.3 Å². The number of nitrogens with one attached hydrogen (secondary N) is 2. The Morgan fingerprint density at radius 3 is 2.28 bits per heavy atom. The lowest BCUT2D eigenvalue weighted by atomic mass is 9.90. The highest BCUT2D eigenvalue weighted by molar-refractivity contribution is 6.04. The van der Waals surface area contributed by atoms with Crippen molar-refractivity contribution in [3.8, 4) is 5.75 Å². The molecule has 0 radical (unpaired) electrons. The van der Waals surface area contributed by atoms with E-state index in [4.69, 9.17) is 4.74 Å². The van der Waals surface area contributed by atoms with Gasteiger partial charge in [0.25, 0.3) is 11.8 Å². The van der Waals surface area contributed by atoms with Crippen molar-refractivity contribution < 1.29 is 19.5 Å². The van der Waals surface area contributed by atoms with Crippen molar-refractivity contribution in [3.05, 3.63) is 95.6 Å². The Balaban J connectivity index is 1.82. The van der Waals surface area contributed by atoms with Crippen molar-refractivity contribution in [2.24, 2.45) is 0 Å². The summed E-state index contributed by atoms with van der Waals surface area (Å²) >= 11 is 0. The molecule has 3 N–H and O–H groups in total. The highest BCUT2D eigenvalue weighted by atomic mass is 16.5. The number of hydrogen-bond acceptors (Lipinski definition) is 4. The van der Waals surface area contributed by atoms with Gasteiger partial charge in [-0.25, -0.2) is 5.48 Å². The van der Waals surface area contributed by atoms with Gasteiger partial charge in [0.1, 0.15) is 5.75 Å². The molecule has 3 rings (SSSR count). The number of carbonyl (C=O) groups excluding carboxylic acids is 2. The van der Waals surface area contributed by atoms with Gasteiger partial charge in [-0.1, -0.05) is 42.5 Å². The van der Waals surface area contributed by atoms with Crippen molar-refractivity contribution in [3.63, 3.8) is 0 Å². The highest BCUT2D eigenvalue weighted by Gasteiger charge is 2.22. The molecular formula is C23H22N2O4.